The van der Waals surface area contributed by atoms with E-state index in [2.05, 4.69) is 29.5 Å². The highest BCUT2D eigenvalue weighted by atomic mass is 16.5. The summed E-state index contributed by atoms with van der Waals surface area (Å²) in [5, 5.41) is 7.51. The average Bonchev–Trinajstić information content (AvgIpc) is 2.79. The first-order valence-electron chi connectivity index (χ1n) is 6.91. The van der Waals surface area contributed by atoms with Gasteiger partial charge < -0.3 is 14.6 Å². The molecule has 0 amide bonds. The number of nitrogens with zero attached hydrogens (tertiary/aromatic N) is 1. The Morgan fingerprint density at radius 3 is 2.50 bits per heavy atom. The van der Waals surface area contributed by atoms with Gasteiger partial charge in [-0.15, -0.1) is 0 Å². The Kier molecular flexibility index (Phi) is 4.79. The lowest BCUT2D eigenvalue weighted by Crippen LogP contribution is -2.22. The Labute approximate surface area is 120 Å². The van der Waals surface area contributed by atoms with Crippen molar-refractivity contribution in [2.45, 2.75) is 33.2 Å². The van der Waals surface area contributed by atoms with E-state index in [0.717, 1.165) is 30.2 Å². The Balaban J connectivity index is 1.86. The zero-order valence-corrected chi connectivity index (χ0v) is 12.6. The van der Waals surface area contributed by atoms with Gasteiger partial charge >= 0.3 is 0 Å². The first kappa shape index (κ1) is 14.6. The van der Waals surface area contributed by atoms with Gasteiger partial charge in [0.2, 0.25) is 0 Å². The van der Waals surface area contributed by atoms with E-state index in [-0.39, 0.29) is 6.04 Å². The van der Waals surface area contributed by atoms with Gasteiger partial charge in [0.05, 0.1) is 12.8 Å². The molecule has 0 saturated carbocycles. The van der Waals surface area contributed by atoms with Gasteiger partial charge in [-0.1, -0.05) is 17.3 Å². The lowest BCUT2D eigenvalue weighted by atomic mass is 10.1. The lowest BCUT2D eigenvalue weighted by molar-refractivity contribution is 0.390. The molecule has 1 unspecified atom stereocenters. The smallest absolute Gasteiger partial charge is 0.138 e. The topological polar surface area (TPSA) is 47.3 Å². The van der Waals surface area contributed by atoms with Crippen molar-refractivity contribution in [3.8, 4) is 5.75 Å². The molecule has 2 aromatic rings. The van der Waals surface area contributed by atoms with Crippen LogP contribution < -0.4 is 10.1 Å². The van der Waals surface area contributed by atoms with E-state index in [4.69, 9.17) is 9.26 Å². The minimum atomic E-state index is 0.250. The fraction of sp³-hybridized carbons (Fsp3) is 0.438. The summed E-state index contributed by atoms with van der Waals surface area (Å²) in [6, 6.07) is 8.43. The molecule has 4 nitrogen and oxygen atoms in total. The van der Waals surface area contributed by atoms with Crippen LogP contribution in [0.3, 0.4) is 0 Å². The van der Waals surface area contributed by atoms with E-state index in [1.807, 2.05) is 26.0 Å². The molecule has 2 rings (SSSR count). The Morgan fingerprint density at radius 2 is 1.95 bits per heavy atom. The maximum absolute atomic E-state index is 5.20. The highest BCUT2D eigenvalue weighted by Crippen LogP contribution is 2.20. The van der Waals surface area contributed by atoms with Crippen LogP contribution >= 0.6 is 0 Å². The molecule has 1 aromatic heterocycles. The Morgan fingerprint density at radius 1 is 1.25 bits per heavy atom. The summed E-state index contributed by atoms with van der Waals surface area (Å²) in [6.07, 6.45) is 0.984. The molecule has 1 aromatic carbocycles. The summed E-state index contributed by atoms with van der Waals surface area (Å²) in [4.78, 5) is 0. The first-order valence-corrected chi connectivity index (χ1v) is 6.91. The predicted molar refractivity (Wildman–Crippen MR) is 79.1 cm³/mol. The van der Waals surface area contributed by atoms with Gasteiger partial charge in [0.15, 0.2) is 0 Å². The summed E-state index contributed by atoms with van der Waals surface area (Å²) in [6.45, 7) is 6.99. The fourth-order valence-electron chi connectivity index (χ4n) is 2.44. The molecule has 4 heteroatoms. The molecule has 0 radical (unpaired) electrons. The molecule has 0 aliphatic carbocycles. The maximum atomic E-state index is 5.20. The van der Waals surface area contributed by atoms with Crippen molar-refractivity contribution in [1.29, 1.82) is 0 Å². The summed E-state index contributed by atoms with van der Waals surface area (Å²) >= 11 is 0. The van der Waals surface area contributed by atoms with Crippen LogP contribution in [0.2, 0.25) is 0 Å². The van der Waals surface area contributed by atoms with Crippen molar-refractivity contribution in [2.24, 2.45) is 0 Å². The van der Waals surface area contributed by atoms with Crippen LogP contribution in [0.1, 0.15) is 35.5 Å². The number of nitrogens with one attached hydrogen (secondary N) is 1. The second-order valence-corrected chi connectivity index (χ2v) is 5.01. The van der Waals surface area contributed by atoms with Crippen LogP contribution in [0.4, 0.5) is 0 Å². The standard InChI is InChI=1S/C16H22N2O2/c1-11(16-12(2)18-20-13(16)3)17-10-9-14-5-7-15(19-4)8-6-14/h5-8,11,17H,9-10H2,1-4H3. The van der Waals surface area contributed by atoms with Crippen molar-refractivity contribution >= 4 is 0 Å². The number of ether oxygens (including phenoxy) is 1. The molecule has 0 aliphatic rings. The van der Waals surface area contributed by atoms with Gasteiger partial charge in [0, 0.05) is 11.6 Å². The van der Waals surface area contributed by atoms with Gasteiger partial charge in [-0.05, 0) is 51.4 Å². The third-order valence-electron chi connectivity index (χ3n) is 3.54. The number of aryl methyl sites for hydroxylation is 2. The van der Waals surface area contributed by atoms with Gasteiger partial charge in [-0.25, -0.2) is 0 Å². The average molecular weight is 274 g/mol. The van der Waals surface area contributed by atoms with E-state index < -0.39 is 0 Å². The van der Waals surface area contributed by atoms with Crippen molar-refractivity contribution in [2.75, 3.05) is 13.7 Å². The second kappa shape index (κ2) is 6.57. The molecule has 0 aliphatic heterocycles. The highest BCUT2D eigenvalue weighted by molar-refractivity contribution is 5.27. The van der Waals surface area contributed by atoms with Crippen molar-refractivity contribution < 1.29 is 9.26 Å². The normalized spacial score (nSPS) is 12.4. The fourth-order valence-corrected chi connectivity index (χ4v) is 2.44. The van der Waals surface area contributed by atoms with Crippen molar-refractivity contribution in [3.63, 3.8) is 0 Å². The van der Waals surface area contributed by atoms with E-state index in [9.17, 15) is 0 Å². The third-order valence-corrected chi connectivity index (χ3v) is 3.54. The second-order valence-electron chi connectivity index (χ2n) is 5.01. The molecule has 0 spiro atoms. The van der Waals surface area contributed by atoms with Gasteiger partial charge in [-0.3, -0.25) is 0 Å². The van der Waals surface area contributed by atoms with Crippen LogP contribution in [0.15, 0.2) is 28.8 Å². The van der Waals surface area contributed by atoms with Crippen LogP contribution in [0.5, 0.6) is 5.75 Å². The highest BCUT2D eigenvalue weighted by Gasteiger charge is 2.15. The number of aromatic nitrogens is 1. The molecular formula is C16H22N2O2. The predicted octanol–water partition coefficient (Wildman–Crippen LogP) is 3.19. The summed E-state index contributed by atoms with van der Waals surface area (Å²) in [7, 11) is 1.68. The van der Waals surface area contributed by atoms with Crippen LogP contribution in [0.25, 0.3) is 0 Å². The number of methoxy groups -OCH3 is 1. The monoisotopic (exact) mass is 274 g/mol. The number of benzene rings is 1. The minimum Gasteiger partial charge on any atom is -0.497 e. The van der Waals surface area contributed by atoms with Gasteiger partial charge in [-0.2, -0.15) is 0 Å². The van der Waals surface area contributed by atoms with E-state index in [1.54, 1.807) is 7.11 Å². The molecule has 1 N–H and O–H groups in total. The van der Waals surface area contributed by atoms with Crippen LogP contribution in [-0.2, 0) is 6.42 Å². The number of rotatable bonds is 6. The van der Waals surface area contributed by atoms with E-state index >= 15 is 0 Å². The molecule has 0 bridgehead atoms. The van der Waals surface area contributed by atoms with Gasteiger partial charge in [0.1, 0.15) is 11.5 Å². The number of hydrogen-bond donors (Lipinski definition) is 1. The van der Waals surface area contributed by atoms with E-state index in [1.165, 1.54) is 11.1 Å². The maximum Gasteiger partial charge on any atom is 0.138 e. The zero-order chi connectivity index (χ0) is 14.5. The van der Waals surface area contributed by atoms with Crippen LogP contribution in [0, 0.1) is 13.8 Å². The molecular weight excluding hydrogens is 252 g/mol. The molecule has 20 heavy (non-hydrogen) atoms. The van der Waals surface area contributed by atoms with Crippen molar-refractivity contribution in [1.82, 2.24) is 10.5 Å². The third kappa shape index (κ3) is 3.39. The largest absolute Gasteiger partial charge is 0.497 e. The summed E-state index contributed by atoms with van der Waals surface area (Å²) < 4.78 is 10.4. The zero-order valence-electron chi connectivity index (χ0n) is 12.6. The Bertz CT molecular complexity index is 527. The summed E-state index contributed by atoms with van der Waals surface area (Å²) in [5.41, 5.74) is 3.43. The van der Waals surface area contributed by atoms with E-state index in [0.29, 0.717) is 0 Å². The molecule has 0 saturated heterocycles. The van der Waals surface area contributed by atoms with Gasteiger partial charge in [0.25, 0.3) is 0 Å². The molecule has 1 heterocycles. The quantitative estimate of drug-likeness (QED) is 0.878. The molecule has 108 valence electrons. The molecule has 1 atom stereocenters. The first-order chi connectivity index (χ1) is 9.61. The Hall–Kier alpha value is -1.81. The summed E-state index contributed by atoms with van der Waals surface area (Å²) in [5.74, 6) is 1.79. The van der Waals surface area contributed by atoms with Crippen molar-refractivity contribution in [3.05, 3.63) is 46.8 Å². The lowest BCUT2D eigenvalue weighted by Gasteiger charge is -2.13. The minimum absolute atomic E-state index is 0.250. The molecule has 0 fully saturated rings. The number of hydrogen-bond acceptors (Lipinski definition) is 4. The van der Waals surface area contributed by atoms with Crippen LogP contribution in [-0.4, -0.2) is 18.8 Å². The SMILES string of the molecule is COc1ccc(CCNC(C)c2c(C)noc2C)cc1.